The third-order valence-corrected chi connectivity index (χ3v) is 5.41. The van der Waals surface area contributed by atoms with E-state index in [2.05, 4.69) is 64.3 Å². The first kappa shape index (κ1) is 18.9. The van der Waals surface area contributed by atoms with E-state index in [0.29, 0.717) is 0 Å². The van der Waals surface area contributed by atoms with Crippen molar-refractivity contribution in [3.8, 4) is 0 Å². The molecule has 0 radical (unpaired) electrons. The number of aliphatic hydroxyl groups is 1. The molecule has 0 aliphatic carbocycles. The minimum atomic E-state index is -0.616. The molecule has 3 nitrogen and oxygen atoms in total. The number of hydrogen-bond acceptors (Lipinski definition) is 3. The Morgan fingerprint density at radius 2 is 1.87 bits per heavy atom. The zero-order chi connectivity index (χ0) is 16.7. The van der Waals surface area contributed by atoms with Crippen LogP contribution in [0.15, 0.2) is 28.7 Å². The summed E-state index contributed by atoms with van der Waals surface area (Å²) < 4.78 is 1.09. The molecule has 0 spiro atoms. The zero-order valence-corrected chi connectivity index (χ0v) is 16.1. The first-order chi connectivity index (χ1) is 11.1. The average molecular weight is 383 g/mol. The predicted molar refractivity (Wildman–Crippen MR) is 101 cm³/mol. The molecule has 1 aromatic rings. The quantitative estimate of drug-likeness (QED) is 0.718. The standard InChI is InChI=1S/C19H31BrN2O/c1-3-8-19(23,9-4-2)18(15-22-12-10-21-11-13-22)16-6-5-7-17(20)14-16/h5-7,14,18,21,23H,3-4,8-13,15H2,1-2H3/t18-/m1/s1. The second kappa shape index (κ2) is 9.16. The number of halogens is 1. The topological polar surface area (TPSA) is 35.5 Å². The lowest BCUT2D eigenvalue weighted by Crippen LogP contribution is -2.49. The van der Waals surface area contributed by atoms with E-state index in [-0.39, 0.29) is 5.92 Å². The van der Waals surface area contributed by atoms with Crippen molar-refractivity contribution in [2.24, 2.45) is 0 Å². The van der Waals surface area contributed by atoms with Gasteiger partial charge < -0.3 is 15.3 Å². The first-order valence-electron chi connectivity index (χ1n) is 9.00. The van der Waals surface area contributed by atoms with Gasteiger partial charge in [-0.3, -0.25) is 0 Å². The summed E-state index contributed by atoms with van der Waals surface area (Å²) in [5, 5.41) is 14.9. The predicted octanol–water partition coefficient (Wildman–Crippen LogP) is 3.77. The van der Waals surface area contributed by atoms with Crippen LogP contribution in [0.25, 0.3) is 0 Å². The van der Waals surface area contributed by atoms with E-state index < -0.39 is 5.60 Å². The second-order valence-corrected chi connectivity index (χ2v) is 7.68. The van der Waals surface area contributed by atoms with Gasteiger partial charge >= 0.3 is 0 Å². The van der Waals surface area contributed by atoms with Crippen molar-refractivity contribution >= 4 is 15.9 Å². The van der Waals surface area contributed by atoms with Gasteiger partial charge in [0, 0.05) is 43.1 Å². The molecule has 4 heteroatoms. The van der Waals surface area contributed by atoms with Crippen LogP contribution >= 0.6 is 15.9 Å². The summed E-state index contributed by atoms with van der Waals surface area (Å²) in [6.07, 6.45) is 3.76. The van der Waals surface area contributed by atoms with E-state index in [1.54, 1.807) is 0 Å². The van der Waals surface area contributed by atoms with Gasteiger partial charge in [-0.1, -0.05) is 54.8 Å². The van der Waals surface area contributed by atoms with Crippen LogP contribution in [0.4, 0.5) is 0 Å². The van der Waals surface area contributed by atoms with Crippen LogP contribution < -0.4 is 5.32 Å². The summed E-state index contributed by atoms with van der Waals surface area (Å²) in [7, 11) is 0. The lowest BCUT2D eigenvalue weighted by atomic mass is 9.76. The Morgan fingerprint density at radius 3 is 2.43 bits per heavy atom. The highest BCUT2D eigenvalue weighted by Gasteiger charge is 2.37. The largest absolute Gasteiger partial charge is 0.389 e. The smallest absolute Gasteiger partial charge is 0.0728 e. The number of piperazine rings is 1. The Labute approximate surface area is 149 Å². The SMILES string of the molecule is CCCC(O)(CCC)[C@H](CN1CCNCC1)c1cccc(Br)c1. The van der Waals surface area contributed by atoms with Crippen molar-refractivity contribution in [3.63, 3.8) is 0 Å². The van der Waals surface area contributed by atoms with Gasteiger partial charge in [-0.05, 0) is 30.5 Å². The van der Waals surface area contributed by atoms with Crippen molar-refractivity contribution in [2.45, 2.75) is 51.0 Å². The highest BCUT2D eigenvalue weighted by atomic mass is 79.9. The molecule has 130 valence electrons. The molecule has 1 aromatic carbocycles. The number of benzene rings is 1. The van der Waals surface area contributed by atoms with Gasteiger partial charge in [0.1, 0.15) is 0 Å². The minimum Gasteiger partial charge on any atom is -0.389 e. The van der Waals surface area contributed by atoms with E-state index in [9.17, 15) is 5.11 Å². The van der Waals surface area contributed by atoms with Gasteiger partial charge in [-0.15, -0.1) is 0 Å². The maximum absolute atomic E-state index is 11.5. The van der Waals surface area contributed by atoms with Crippen LogP contribution in [0.3, 0.4) is 0 Å². The average Bonchev–Trinajstić information content (AvgIpc) is 2.54. The van der Waals surface area contributed by atoms with Crippen molar-refractivity contribution in [3.05, 3.63) is 34.3 Å². The molecule has 1 atom stereocenters. The fourth-order valence-corrected chi connectivity index (χ4v) is 4.22. The fraction of sp³-hybridized carbons (Fsp3) is 0.684. The van der Waals surface area contributed by atoms with Crippen molar-refractivity contribution in [1.29, 1.82) is 0 Å². The summed E-state index contributed by atoms with van der Waals surface area (Å²) in [5.74, 6) is 0.165. The van der Waals surface area contributed by atoms with E-state index in [4.69, 9.17) is 0 Å². The first-order valence-corrected chi connectivity index (χ1v) is 9.79. The Balaban J connectivity index is 2.28. The lowest BCUT2D eigenvalue weighted by molar-refractivity contribution is -0.0174. The molecule has 1 aliphatic rings. The maximum atomic E-state index is 11.5. The van der Waals surface area contributed by atoms with Crippen LogP contribution in [0, 0.1) is 0 Å². The van der Waals surface area contributed by atoms with Gasteiger partial charge in [0.15, 0.2) is 0 Å². The van der Waals surface area contributed by atoms with Crippen LogP contribution in [0.2, 0.25) is 0 Å². The molecular formula is C19H31BrN2O. The van der Waals surface area contributed by atoms with Crippen LogP contribution in [0.1, 0.15) is 51.0 Å². The minimum absolute atomic E-state index is 0.165. The van der Waals surface area contributed by atoms with Crippen LogP contribution in [0.5, 0.6) is 0 Å². The monoisotopic (exact) mass is 382 g/mol. The molecule has 2 N–H and O–H groups in total. The molecule has 1 fully saturated rings. The van der Waals surface area contributed by atoms with Gasteiger partial charge in [-0.25, -0.2) is 0 Å². The molecule has 2 rings (SSSR count). The number of nitrogens with one attached hydrogen (secondary N) is 1. The molecule has 0 saturated carbocycles. The molecule has 1 heterocycles. The number of rotatable bonds is 8. The Morgan fingerprint density at radius 1 is 1.22 bits per heavy atom. The molecule has 0 unspecified atom stereocenters. The summed E-state index contributed by atoms with van der Waals surface area (Å²) in [5.41, 5.74) is 0.636. The summed E-state index contributed by atoms with van der Waals surface area (Å²) in [6, 6.07) is 8.50. The van der Waals surface area contributed by atoms with Crippen molar-refractivity contribution in [1.82, 2.24) is 10.2 Å². The van der Waals surface area contributed by atoms with Gasteiger partial charge in [0.25, 0.3) is 0 Å². The lowest BCUT2D eigenvalue weighted by Gasteiger charge is -2.40. The van der Waals surface area contributed by atoms with E-state index in [1.807, 2.05) is 0 Å². The summed E-state index contributed by atoms with van der Waals surface area (Å²) in [4.78, 5) is 2.50. The highest BCUT2D eigenvalue weighted by Crippen LogP contribution is 2.37. The van der Waals surface area contributed by atoms with Gasteiger partial charge in [0.05, 0.1) is 5.60 Å². The summed E-state index contributed by atoms with van der Waals surface area (Å²) in [6.45, 7) is 9.51. The van der Waals surface area contributed by atoms with Gasteiger partial charge in [0.2, 0.25) is 0 Å². The molecule has 1 saturated heterocycles. The van der Waals surface area contributed by atoms with E-state index in [0.717, 1.165) is 62.9 Å². The molecule has 23 heavy (non-hydrogen) atoms. The molecule has 0 bridgehead atoms. The third-order valence-electron chi connectivity index (χ3n) is 4.92. The molecule has 1 aliphatic heterocycles. The number of hydrogen-bond donors (Lipinski definition) is 2. The number of nitrogens with zero attached hydrogens (tertiary/aromatic N) is 1. The molecular weight excluding hydrogens is 352 g/mol. The van der Waals surface area contributed by atoms with E-state index >= 15 is 0 Å². The highest BCUT2D eigenvalue weighted by molar-refractivity contribution is 9.10. The normalized spacial score (nSPS) is 18.1. The van der Waals surface area contributed by atoms with Gasteiger partial charge in [-0.2, -0.15) is 0 Å². The summed E-state index contributed by atoms with van der Waals surface area (Å²) >= 11 is 3.60. The zero-order valence-electron chi connectivity index (χ0n) is 14.5. The Kier molecular flexibility index (Phi) is 7.54. The Hall–Kier alpha value is -0.420. The third kappa shape index (κ3) is 5.28. The van der Waals surface area contributed by atoms with Crippen LogP contribution in [-0.2, 0) is 0 Å². The Bertz CT molecular complexity index is 468. The maximum Gasteiger partial charge on any atom is 0.0728 e. The second-order valence-electron chi connectivity index (χ2n) is 6.76. The van der Waals surface area contributed by atoms with Crippen molar-refractivity contribution in [2.75, 3.05) is 32.7 Å². The molecule has 0 amide bonds. The fourth-order valence-electron chi connectivity index (χ4n) is 3.80. The van der Waals surface area contributed by atoms with Crippen molar-refractivity contribution < 1.29 is 5.11 Å². The molecule has 0 aromatic heterocycles. The van der Waals surface area contributed by atoms with E-state index in [1.165, 1.54) is 5.56 Å². The van der Waals surface area contributed by atoms with Crippen LogP contribution in [-0.4, -0.2) is 48.3 Å².